The van der Waals surface area contributed by atoms with Crippen LogP contribution in [-0.2, 0) is 12.1 Å². The lowest BCUT2D eigenvalue weighted by Gasteiger charge is -2.24. The quantitative estimate of drug-likeness (QED) is 0.784. The Morgan fingerprint density at radius 3 is 2.62 bits per heavy atom. The van der Waals surface area contributed by atoms with Gasteiger partial charge >= 0.3 is 6.03 Å². The van der Waals surface area contributed by atoms with E-state index in [1.54, 1.807) is 19.3 Å². The highest BCUT2D eigenvalue weighted by molar-refractivity contribution is 5.73. The Labute approximate surface area is 124 Å². The van der Waals surface area contributed by atoms with Crippen LogP contribution in [0, 0.1) is 0 Å². The van der Waals surface area contributed by atoms with Crippen molar-refractivity contribution < 1.29 is 9.90 Å². The lowest BCUT2D eigenvalue weighted by molar-refractivity contribution is 0.0594. The summed E-state index contributed by atoms with van der Waals surface area (Å²) < 4.78 is 0. The molecule has 0 saturated heterocycles. The van der Waals surface area contributed by atoms with Crippen LogP contribution in [0.1, 0.15) is 18.1 Å². The molecule has 2 amide bonds. The Morgan fingerprint density at radius 2 is 1.95 bits per heavy atom. The molecule has 5 heteroatoms. The number of rotatable bonds is 5. The highest BCUT2D eigenvalue weighted by Gasteiger charge is 2.23. The van der Waals surface area contributed by atoms with Gasteiger partial charge in [-0.25, -0.2) is 4.79 Å². The third kappa shape index (κ3) is 4.57. The van der Waals surface area contributed by atoms with E-state index in [1.807, 2.05) is 42.5 Å². The molecule has 0 spiro atoms. The van der Waals surface area contributed by atoms with Crippen molar-refractivity contribution in [3.05, 3.63) is 66.0 Å². The molecule has 3 N–H and O–H groups in total. The smallest absolute Gasteiger partial charge is 0.315 e. The predicted molar refractivity (Wildman–Crippen MR) is 80.5 cm³/mol. The molecule has 2 rings (SSSR count). The van der Waals surface area contributed by atoms with Gasteiger partial charge in [0.15, 0.2) is 0 Å². The molecule has 1 aromatic carbocycles. The van der Waals surface area contributed by atoms with Gasteiger partial charge in [-0.3, -0.25) is 4.98 Å². The van der Waals surface area contributed by atoms with Crippen molar-refractivity contribution in [2.75, 3.05) is 6.54 Å². The van der Waals surface area contributed by atoms with Crippen LogP contribution in [0.2, 0.25) is 0 Å². The average Bonchev–Trinajstić information content (AvgIpc) is 2.53. The van der Waals surface area contributed by atoms with Gasteiger partial charge in [-0.15, -0.1) is 0 Å². The van der Waals surface area contributed by atoms with Crippen LogP contribution in [0.4, 0.5) is 4.79 Å². The number of aromatic nitrogens is 1. The van der Waals surface area contributed by atoms with Gasteiger partial charge in [0.2, 0.25) is 0 Å². The number of amides is 2. The number of carbonyl (C=O) groups is 1. The van der Waals surface area contributed by atoms with Gasteiger partial charge in [0.05, 0.1) is 6.54 Å². The molecular weight excluding hydrogens is 266 g/mol. The summed E-state index contributed by atoms with van der Waals surface area (Å²) in [4.78, 5) is 15.7. The van der Waals surface area contributed by atoms with Crippen molar-refractivity contribution in [1.82, 2.24) is 15.6 Å². The van der Waals surface area contributed by atoms with Crippen molar-refractivity contribution in [2.45, 2.75) is 19.1 Å². The molecule has 5 nitrogen and oxygen atoms in total. The molecule has 2 aromatic rings. The molecule has 0 radical (unpaired) electrons. The second kappa shape index (κ2) is 6.85. The normalized spacial score (nSPS) is 13.2. The number of benzene rings is 1. The summed E-state index contributed by atoms with van der Waals surface area (Å²) in [7, 11) is 0. The molecule has 1 aromatic heterocycles. The van der Waals surface area contributed by atoms with Crippen LogP contribution in [-0.4, -0.2) is 22.7 Å². The molecule has 0 unspecified atom stereocenters. The minimum absolute atomic E-state index is 0.135. The maximum Gasteiger partial charge on any atom is 0.315 e. The summed E-state index contributed by atoms with van der Waals surface area (Å²) in [6.45, 7) is 2.20. The molecule has 1 atom stereocenters. The first kappa shape index (κ1) is 15.0. The molecule has 0 aliphatic heterocycles. The number of aliphatic hydroxyl groups is 1. The summed E-state index contributed by atoms with van der Waals surface area (Å²) in [6, 6.07) is 12.6. The third-order valence-corrected chi connectivity index (χ3v) is 3.16. The van der Waals surface area contributed by atoms with Crippen LogP contribution in [0.3, 0.4) is 0 Å². The topological polar surface area (TPSA) is 74.2 Å². The van der Waals surface area contributed by atoms with Gasteiger partial charge in [-0.1, -0.05) is 36.4 Å². The van der Waals surface area contributed by atoms with E-state index in [0.29, 0.717) is 6.54 Å². The summed E-state index contributed by atoms with van der Waals surface area (Å²) in [6.07, 6.45) is 3.38. The SMILES string of the molecule is C[C@](O)(CNC(=O)NCc1cccnc1)c1ccccc1. The van der Waals surface area contributed by atoms with E-state index in [4.69, 9.17) is 0 Å². The van der Waals surface area contributed by atoms with E-state index in [-0.39, 0.29) is 12.6 Å². The van der Waals surface area contributed by atoms with E-state index < -0.39 is 5.60 Å². The molecule has 0 aliphatic rings. The summed E-state index contributed by atoms with van der Waals surface area (Å²) in [5.41, 5.74) is 0.576. The highest BCUT2D eigenvalue weighted by atomic mass is 16.3. The van der Waals surface area contributed by atoms with Crippen LogP contribution in [0.15, 0.2) is 54.9 Å². The maximum atomic E-state index is 11.7. The monoisotopic (exact) mass is 285 g/mol. The van der Waals surface area contributed by atoms with E-state index in [1.165, 1.54) is 0 Å². The van der Waals surface area contributed by atoms with Gasteiger partial charge < -0.3 is 15.7 Å². The number of hydrogen-bond acceptors (Lipinski definition) is 3. The minimum Gasteiger partial charge on any atom is -0.384 e. The molecule has 0 fully saturated rings. The van der Waals surface area contributed by atoms with Gasteiger partial charge in [-0.2, -0.15) is 0 Å². The number of carbonyl (C=O) groups excluding carboxylic acids is 1. The number of urea groups is 1. The lowest BCUT2D eigenvalue weighted by Crippen LogP contribution is -2.43. The summed E-state index contributed by atoms with van der Waals surface area (Å²) in [5, 5.41) is 15.8. The van der Waals surface area contributed by atoms with E-state index in [2.05, 4.69) is 15.6 Å². The van der Waals surface area contributed by atoms with E-state index >= 15 is 0 Å². The molecule has 0 bridgehead atoms. The Morgan fingerprint density at radius 1 is 1.19 bits per heavy atom. The van der Waals surface area contributed by atoms with Gasteiger partial charge in [-0.05, 0) is 24.1 Å². The average molecular weight is 285 g/mol. The van der Waals surface area contributed by atoms with Crippen molar-refractivity contribution in [3.63, 3.8) is 0 Å². The van der Waals surface area contributed by atoms with Gasteiger partial charge in [0.25, 0.3) is 0 Å². The van der Waals surface area contributed by atoms with Crippen LogP contribution in [0.5, 0.6) is 0 Å². The molecule has 1 heterocycles. The largest absolute Gasteiger partial charge is 0.384 e. The molecule has 0 saturated carbocycles. The highest BCUT2D eigenvalue weighted by Crippen LogP contribution is 2.18. The fourth-order valence-corrected chi connectivity index (χ4v) is 1.90. The van der Waals surface area contributed by atoms with Gasteiger partial charge in [0.1, 0.15) is 5.60 Å². The Bertz CT molecular complexity index is 571. The number of hydrogen-bond donors (Lipinski definition) is 3. The fraction of sp³-hybridized carbons (Fsp3) is 0.250. The molecular formula is C16H19N3O2. The van der Waals surface area contributed by atoms with Crippen molar-refractivity contribution in [3.8, 4) is 0 Å². The first-order valence-electron chi connectivity index (χ1n) is 6.76. The van der Waals surface area contributed by atoms with Crippen LogP contribution in [0.25, 0.3) is 0 Å². The number of nitrogens with one attached hydrogen (secondary N) is 2. The zero-order valence-corrected chi connectivity index (χ0v) is 11.9. The van der Waals surface area contributed by atoms with E-state index in [0.717, 1.165) is 11.1 Å². The van der Waals surface area contributed by atoms with Crippen molar-refractivity contribution in [2.24, 2.45) is 0 Å². The first-order chi connectivity index (χ1) is 10.1. The summed E-state index contributed by atoms with van der Waals surface area (Å²) >= 11 is 0. The first-order valence-corrected chi connectivity index (χ1v) is 6.76. The number of pyridine rings is 1. The molecule has 21 heavy (non-hydrogen) atoms. The third-order valence-electron chi connectivity index (χ3n) is 3.16. The molecule has 0 aliphatic carbocycles. The second-order valence-corrected chi connectivity index (χ2v) is 5.04. The number of nitrogens with zero attached hydrogens (tertiary/aromatic N) is 1. The van der Waals surface area contributed by atoms with Crippen molar-refractivity contribution in [1.29, 1.82) is 0 Å². The van der Waals surface area contributed by atoms with Gasteiger partial charge in [0, 0.05) is 18.9 Å². The zero-order chi connectivity index (χ0) is 15.1. The lowest BCUT2D eigenvalue weighted by atomic mass is 9.96. The minimum atomic E-state index is -1.10. The Balaban J connectivity index is 1.81. The van der Waals surface area contributed by atoms with E-state index in [9.17, 15) is 9.90 Å². The maximum absolute atomic E-state index is 11.7. The Hall–Kier alpha value is -2.40. The summed E-state index contributed by atoms with van der Waals surface area (Å²) in [5.74, 6) is 0. The zero-order valence-electron chi connectivity index (χ0n) is 11.9. The predicted octanol–water partition coefficient (Wildman–Crippen LogP) is 1.79. The van der Waals surface area contributed by atoms with Crippen LogP contribution < -0.4 is 10.6 Å². The fourth-order valence-electron chi connectivity index (χ4n) is 1.90. The second-order valence-electron chi connectivity index (χ2n) is 5.04. The van der Waals surface area contributed by atoms with Crippen molar-refractivity contribution >= 4 is 6.03 Å². The van der Waals surface area contributed by atoms with Crippen LogP contribution >= 0.6 is 0 Å². The molecule has 110 valence electrons. The standard InChI is InChI=1S/C16H19N3O2/c1-16(21,14-7-3-2-4-8-14)12-19-15(20)18-11-13-6-5-9-17-10-13/h2-10,21H,11-12H2,1H3,(H2,18,19,20)/t16-/m0/s1. The Kier molecular flexibility index (Phi) is 4.90.